The number of benzene rings is 1. The van der Waals surface area contributed by atoms with Gasteiger partial charge in [-0.25, -0.2) is 4.79 Å². The van der Waals surface area contributed by atoms with Gasteiger partial charge < -0.3 is 16.0 Å². The van der Waals surface area contributed by atoms with Crippen molar-refractivity contribution in [2.45, 2.75) is 11.9 Å². The number of halogens is 3. The quantitative estimate of drug-likeness (QED) is 0.601. The number of imide groups is 1. The summed E-state index contributed by atoms with van der Waals surface area (Å²) in [6, 6.07) is 5.21. The van der Waals surface area contributed by atoms with Crippen LogP contribution >= 0.6 is 11.8 Å². The molecular formula is C15H15F3N4O4S. The van der Waals surface area contributed by atoms with Crippen molar-refractivity contribution >= 4 is 46.9 Å². The summed E-state index contributed by atoms with van der Waals surface area (Å²) in [5.41, 5.74) is -3.81. The summed E-state index contributed by atoms with van der Waals surface area (Å²) in [6.07, 6.45) is -0.0910. The predicted octanol–water partition coefficient (Wildman–Crippen LogP) is 1.76. The van der Waals surface area contributed by atoms with Gasteiger partial charge in [0.15, 0.2) is 0 Å². The molecule has 1 aliphatic rings. The summed E-state index contributed by atoms with van der Waals surface area (Å²) >= 11 is -0.437. The topological polar surface area (TPSA) is 108 Å². The SMILES string of the molecule is O=C(CCN1C(=O)CNC1=O)Nc1ccc(NC(=O)CSC(F)(F)F)cc1. The van der Waals surface area contributed by atoms with E-state index in [0.29, 0.717) is 5.69 Å². The highest BCUT2D eigenvalue weighted by atomic mass is 32.2. The van der Waals surface area contributed by atoms with E-state index in [4.69, 9.17) is 0 Å². The molecule has 0 aliphatic carbocycles. The van der Waals surface area contributed by atoms with Crippen LogP contribution in [0.4, 0.5) is 29.3 Å². The standard InChI is InChI=1S/C15H15F3N4O4S/c16-15(17,18)27-8-12(24)21-10-3-1-9(2-4-10)20-11(23)5-6-22-13(25)7-19-14(22)26/h1-4H,5-8H2,(H,19,26)(H,20,23)(H,21,24). The molecule has 0 aromatic heterocycles. The lowest BCUT2D eigenvalue weighted by Crippen LogP contribution is -2.33. The minimum absolute atomic E-state index is 0.0541. The van der Waals surface area contributed by atoms with Gasteiger partial charge in [-0.3, -0.25) is 19.3 Å². The minimum Gasteiger partial charge on any atom is -0.329 e. The third-order valence-electron chi connectivity index (χ3n) is 3.32. The van der Waals surface area contributed by atoms with Gasteiger partial charge in [0, 0.05) is 24.3 Å². The summed E-state index contributed by atoms with van der Waals surface area (Å²) in [5.74, 6) is -2.40. The molecule has 146 valence electrons. The van der Waals surface area contributed by atoms with Gasteiger partial charge in [-0.1, -0.05) is 0 Å². The average molecular weight is 404 g/mol. The van der Waals surface area contributed by atoms with Crippen LogP contribution in [0.15, 0.2) is 24.3 Å². The van der Waals surface area contributed by atoms with Crippen molar-refractivity contribution in [3.8, 4) is 0 Å². The van der Waals surface area contributed by atoms with Crippen LogP contribution in [0.1, 0.15) is 6.42 Å². The summed E-state index contributed by atoms with van der Waals surface area (Å²) in [6.45, 7) is -0.142. The molecular weight excluding hydrogens is 389 g/mol. The molecule has 0 radical (unpaired) electrons. The Labute approximate surface area is 155 Å². The van der Waals surface area contributed by atoms with Crippen molar-refractivity contribution in [1.29, 1.82) is 0 Å². The molecule has 1 aliphatic heterocycles. The Balaban J connectivity index is 1.77. The maximum absolute atomic E-state index is 12.0. The number of nitrogens with zero attached hydrogens (tertiary/aromatic N) is 1. The highest BCUT2D eigenvalue weighted by Crippen LogP contribution is 2.30. The monoisotopic (exact) mass is 404 g/mol. The highest BCUT2D eigenvalue weighted by molar-refractivity contribution is 8.00. The van der Waals surface area contributed by atoms with Gasteiger partial charge in [0.25, 0.3) is 0 Å². The molecule has 1 fully saturated rings. The number of alkyl halides is 3. The van der Waals surface area contributed by atoms with Gasteiger partial charge in [-0.15, -0.1) is 0 Å². The number of amides is 5. The Morgan fingerprint density at radius 1 is 1.07 bits per heavy atom. The smallest absolute Gasteiger partial charge is 0.329 e. The number of rotatable bonds is 7. The number of hydrogen-bond donors (Lipinski definition) is 3. The molecule has 0 saturated carbocycles. The fourth-order valence-corrected chi connectivity index (χ4v) is 2.47. The van der Waals surface area contributed by atoms with E-state index in [1.807, 2.05) is 0 Å². The van der Waals surface area contributed by atoms with E-state index in [0.717, 1.165) is 4.90 Å². The molecule has 8 nitrogen and oxygen atoms in total. The third kappa shape index (κ3) is 6.81. The maximum Gasteiger partial charge on any atom is 0.442 e. The first-order valence-corrected chi connectivity index (χ1v) is 8.61. The molecule has 3 N–H and O–H groups in total. The second-order valence-corrected chi connectivity index (χ2v) is 6.40. The van der Waals surface area contributed by atoms with E-state index in [1.54, 1.807) is 0 Å². The first kappa shape index (κ1) is 20.6. The van der Waals surface area contributed by atoms with Crippen LogP contribution in [0.3, 0.4) is 0 Å². The van der Waals surface area contributed by atoms with Crippen LogP contribution in [0.25, 0.3) is 0 Å². The second-order valence-electron chi connectivity index (χ2n) is 5.36. The van der Waals surface area contributed by atoms with Gasteiger partial charge in [0.1, 0.15) is 0 Å². The Hall–Kier alpha value is -2.76. The van der Waals surface area contributed by atoms with Crippen molar-refractivity contribution in [2.24, 2.45) is 0 Å². The van der Waals surface area contributed by atoms with E-state index in [-0.39, 0.29) is 25.2 Å². The first-order valence-electron chi connectivity index (χ1n) is 7.63. The molecule has 0 atom stereocenters. The molecule has 5 amide bonds. The zero-order valence-corrected chi connectivity index (χ0v) is 14.6. The Bertz CT molecular complexity index is 724. The molecule has 12 heteroatoms. The Kier molecular flexibility index (Phi) is 6.66. The average Bonchev–Trinajstić information content (AvgIpc) is 2.90. The molecule has 0 spiro atoms. The first-order chi connectivity index (χ1) is 12.6. The predicted molar refractivity (Wildman–Crippen MR) is 91.9 cm³/mol. The van der Waals surface area contributed by atoms with Crippen LogP contribution in [-0.2, 0) is 14.4 Å². The van der Waals surface area contributed by atoms with Gasteiger partial charge in [-0.2, -0.15) is 13.2 Å². The fraction of sp³-hybridized carbons (Fsp3) is 0.333. The largest absolute Gasteiger partial charge is 0.442 e. The molecule has 0 unspecified atom stereocenters. The molecule has 1 saturated heterocycles. The Morgan fingerprint density at radius 2 is 1.63 bits per heavy atom. The van der Waals surface area contributed by atoms with Crippen LogP contribution in [0.5, 0.6) is 0 Å². The number of urea groups is 1. The van der Waals surface area contributed by atoms with Crippen molar-refractivity contribution < 1.29 is 32.3 Å². The van der Waals surface area contributed by atoms with E-state index < -0.39 is 46.8 Å². The maximum atomic E-state index is 12.0. The Morgan fingerprint density at radius 3 is 2.11 bits per heavy atom. The normalized spacial score (nSPS) is 14.1. The minimum atomic E-state index is -4.48. The van der Waals surface area contributed by atoms with E-state index >= 15 is 0 Å². The number of anilines is 2. The molecule has 27 heavy (non-hydrogen) atoms. The summed E-state index contributed by atoms with van der Waals surface area (Å²) in [4.78, 5) is 47.0. The molecule has 1 heterocycles. The van der Waals surface area contributed by atoms with Gasteiger partial charge in [-0.05, 0) is 36.0 Å². The van der Waals surface area contributed by atoms with Crippen LogP contribution in [0.2, 0.25) is 0 Å². The number of hydrogen-bond acceptors (Lipinski definition) is 5. The lowest BCUT2D eigenvalue weighted by atomic mass is 10.2. The molecule has 1 aromatic rings. The summed E-state index contributed by atoms with van der Waals surface area (Å²) < 4.78 is 36.1. The fourth-order valence-electron chi connectivity index (χ4n) is 2.10. The van der Waals surface area contributed by atoms with E-state index in [2.05, 4.69) is 16.0 Å². The van der Waals surface area contributed by atoms with Crippen LogP contribution < -0.4 is 16.0 Å². The lowest BCUT2D eigenvalue weighted by Gasteiger charge is -2.12. The van der Waals surface area contributed by atoms with Gasteiger partial charge in [0.2, 0.25) is 17.7 Å². The molecule has 0 bridgehead atoms. The number of carbonyl (C=O) groups excluding carboxylic acids is 4. The van der Waals surface area contributed by atoms with Crippen molar-refractivity contribution in [3.05, 3.63) is 24.3 Å². The van der Waals surface area contributed by atoms with Crippen LogP contribution in [-0.4, -0.2) is 53.0 Å². The van der Waals surface area contributed by atoms with E-state index in [9.17, 15) is 32.3 Å². The molecule has 2 rings (SSSR count). The van der Waals surface area contributed by atoms with Gasteiger partial charge >= 0.3 is 11.5 Å². The van der Waals surface area contributed by atoms with Crippen molar-refractivity contribution in [1.82, 2.24) is 10.2 Å². The zero-order chi connectivity index (χ0) is 20.0. The summed E-state index contributed by atoms with van der Waals surface area (Å²) in [5, 5.41) is 7.19. The lowest BCUT2D eigenvalue weighted by molar-refractivity contribution is -0.125. The van der Waals surface area contributed by atoms with Gasteiger partial charge in [0.05, 0.1) is 12.3 Å². The number of nitrogens with one attached hydrogen (secondary N) is 3. The third-order valence-corrected chi connectivity index (χ3v) is 4.05. The van der Waals surface area contributed by atoms with Crippen molar-refractivity contribution in [3.63, 3.8) is 0 Å². The second kappa shape index (κ2) is 8.75. The van der Waals surface area contributed by atoms with Crippen molar-refractivity contribution in [2.75, 3.05) is 29.5 Å². The highest BCUT2D eigenvalue weighted by Gasteiger charge is 2.29. The molecule has 1 aromatic carbocycles. The zero-order valence-electron chi connectivity index (χ0n) is 13.8. The summed E-state index contributed by atoms with van der Waals surface area (Å²) in [7, 11) is 0. The van der Waals surface area contributed by atoms with Crippen LogP contribution in [0, 0.1) is 0 Å². The number of carbonyl (C=O) groups is 4. The van der Waals surface area contributed by atoms with E-state index in [1.165, 1.54) is 24.3 Å². The number of thioether (sulfide) groups is 1.